The molecule has 0 amide bonds. The first-order chi connectivity index (χ1) is 8.18. The fourth-order valence-electron chi connectivity index (χ4n) is 2.05. The minimum Gasteiger partial charge on any atom is -0.465 e. The van der Waals surface area contributed by atoms with Crippen LogP contribution in [0.3, 0.4) is 0 Å². The Morgan fingerprint density at radius 2 is 1.94 bits per heavy atom. The van der Waals surface area contributed by atoms with Gasteiger partial charge in [-0.3, -0.25) is 0 Å². The fraction of sp³-hybridized carbons (Fsp3) is 0.286. The highest BCUT2D eigenvalue weighted by Crippen LogP contribution is 2.38. The van der Waals surface area contributed by atoms with E-state index in [1.165, 1.54) is 0 Å². The molecule has 0 saturated heterocycles. The van der Waals surface area contributed by atoms with Gasteiger partial charge in [-0.1, -0.05) is 43.7 Å². The number of hydrogen-bond donors (Lipinski definition) is 1. The molecular formula is C14H15BrO2. The molecule has 2 rings (SSSR count). The molecule has 1 heterocycles. The van der Waals surface area contributed by atoms with Gasteiger partial charge >= 0.3 is 0 Å². The van der Waals surface area contributed by atoms with Crippen molar-refractivity contribution in [3.8, 4) is 0 Å². The van der Waals surface area contributed by atoms with Crippen LogP contribution in [0, 0.1) is 0 Å². The summed E-state index contributed by atoms with van der Waals surface area (Å²) in [7, 11) is 0. The largest absolute Gasteiger partial charge is 0.465 e. The third kappa shape index (κ3) is 2.31. The van der Waals surface area contributed by atoms with E-state index in [9.17, 15) is 5.11 Å². The molecule has 0 spiro atoms. The van der Waals surface area contributed by atoms with Gasteiger partial charge in [0.2, 0.25) is 0 Å². The zero-order chi connectivity index (χ0) is 12.3. The van der Waals surface area contributed by atoms with Gasteiger partial charge in [-0.25, -0.2) is 0 Å². The number of halogens is 1. The normalized spacial score (nSPS) is 14.5. The van der Waals surface area contributed by atoms with Crippen molar-refractivity contribution in [2.75, 3.05) is 0 Å². The molecular weight excluding hydrogens is 280 g/mol. The van der Waals surface area contributed by atoms with Crippen LogP contribution in [0.5, 0.6) is 0 Å². The summed E-state index contributed by atoms with van der Waals surface area (Å²) in [6, 6.07) is 11.4. The summed E-state index contributed by atoms with van der Waals surface area (Å²) < 4.78 is 6.24. The Kier molecular flexibility index (Phi) is 3.69. The van der Waals surface area contributed by atoms with Crippen molar-refractivity contribution in [2.24, 2.45) is 0 Å². The fourth-order valence-corrected chi connectivity index (χ4v) is 2.58. The number of aliphatic hydroxyl groups is 1. The van der Waals surface area contributed by atoms with Gasteiger partial charge in [0.1, 0.15) is 5.60 Å². The molecule has 2 aromatic rings. The van der Waals surface area contributed by atoms with Crippen LogP contribution in [0.4, 0.5) is 0 Å². The van der Waals surface area contributed by atoms with Crippen molar-refractivity contribution in [3.05, 3.63) is 58.5 Å². The monoisotopic (exact) mass is 294 g/mol. The van der Waals surface area contributed by atoms with Crippen LogP contribution in [-0.2, 0) is 5.60 Å². The molecule has 0 fully saturated rings. The van der Waals surface area contributed by atoms with Crippen molar-refractivity contribution < 1.29 is 9.52 Å². The molecule has 17 heavy (non-hydrogen) atoms. The first-order valence-electron chi connectivity index (χ1n) is 5.70. The van der Waals surface area contributed by atoms with E-state index in [4.69, 9.17) is 4.42 Å². The summed E-state index contributed by atoms with van der Waals surface area (Å²) >= 11 is 3.42. The molecule has 1 N–H and O–H groups in total. The topological polar surface area (TPSA) is 33.4 Å². The van der Waals surface area contributed by atoms with Crippen molar-refractivity contribution in [1.82, 2.24) is 0 Å². The van der Waals surface area contributed by atoms with E-state index in [2.05, 4.69) is 15.9 Å². The van der Waals surface area contributed by atoms with Crippen LogP contribution in [-0.4, -0.2) is 5.11 Å². The summed E-state index contributed by atoms with van der Waals surface area (Å²) in [4.78, 5) is 0. The maximum atomic E-state index is 10.9. The number of hydrogen-bond acceptors (Lipinski definition) is 2. The molecule has 0 aliphatic rings. The van der Waals surface area contributed by atoms with E-state index in [1.54, 1.807) is 12.3 Å². The lowest BCUT2D eigenvalue weighted by Gasteiger charge is -2.26. The Morgan fingerprint density at radius 3 is 2.47 bits per heavy atom. The van der Waals surface area contributed by atoms with Crippen LogP contribution in [0.15, 0.2) is 51.6 Å². The number of benzene rings is 1. The standard InChI is InChI=1S/C14H15BrO2/c1-2-9-14(16,11-6-4-3-5-7-11)13-12(15)8-10-17-13/h3-8,10,16H,2,9H2,1H3. The van der Waals surface area contributed by atoms with E-state index in [-0.39, 0.29) is 0 Å². The Labute approximate surface area is 109 Å². The van der Waals surface area contributed by atoms with E-state index in [0.29, 0.717) is 12.2 Å². The summed E-state index contributed by atoms with van der Waals surface area (Å²) in [5.74, 6) is 0.575. The van der Waals surface area contributed by atoms with Crippen molar-refractivity contribution in [3.63, 3.8) is 0 Å². The maximum absolute atomic E-state index is 10.9. The third-order valence-corrected chi connectivity index (χ3v) is 3.48. The van der Waals surface area contributed by atoms with Gasteiger partial charge in [-0.05, 0) is 34.0 Å². The van der Waals surface area contributed by atoms with Gasteiger partial charge in [0.05, 0.1) is 10.7 Å². The minimum atomic E-state index is -1.06. The Bertz CT molecular complexity index is 478. The van der Waals surface area contributed by atoms with Crippen molar-refractivity contribution in [1.29, 1.82) is 0 Å². The Hall–Kier alpha value is -1.06. The van der Waals surface area contributed by atoms with E-state index in [1.807, 2.05) is 37.3 Å². The molecule has 1 atom stereocenters. The summed E-state index contributed by atoms with van der Waals surface area (Å²) in [6.07, 6.45) is 3.09. The van der Waals surface area contributed by atoms with Gasteiger partial charge in [0.25, 0.3) is 0 Å². The second kappa shape index (κ2) is 5.07. The highest BCUT2D eigenvalue weighted by molar-refractivity contribution is 9.10. The van der Waals surface area contributed by atoms with Gasteiger partial charge in [-0.15, -0.1) is 0 Å². The molecule has 1 aromatic heterocycles. The summed E-state index contributed by atoms with van der Waals surface area (Å²) in [5, 5.41) is 10.9. The molecule has 0 radical (unpaired) electrons. The third-order valence-electron chi connectivity index (χ3n) is 2.86. The molecule has 0 bridgehead atoms. The maximum Gasteiger partial charge on any atom is 0.154 e. The number of furan rings is 1. The molecule has 90 valence electrons. The van der Waals surface area contributed by atoms with Gasteiger partial charge in [0, 0.05) is 0 Å². The lowest BCUT2D eigenvalue weighted by atomic mass is 9.87. The molecule has 1 unspecified atom stereocenters. The summed E-state index contributed by atoms with van der Waals surface area (Å²) in [6.45, 7) is 2.05. The van der Waals surface area contributed by atoms with Crippen LogP contribution in [0.2, 0.25) is 0 Å². The minimum absolute atomic E-state index is 0.575. The van der Waals surface area contributed by atoms with Gasteiger partial charge in [0.15, 0.2) is 5.76 Å². The lowest BCUT2D eigenvalue weighted by Crippen LogP contribution is -2.26. The Balaban J connectivity index is 2.50. The zero-order valence-corrected chi connectivity index (χ0v) is 11.3. The molecule has 0 aliphatic heterocycles. The average Bonchev–Trinajstić information content (AvgIpc) is 2.77. The SMILES string of the molecule is CCCC(O)(c1ccccc1)c1occc1Br. The molecule has 0 saturated carbocycles. The highest BCUT2D eigenvalue weighted by Gasteiger charge is 2.35. The first-order valence-corrected chi connectivity index (χ1v) is 6.49. The summed E-state index contributed by atoms with van der Waals surface area (Å²) in [5.41, 5.74) is -0.198. The molecule has 0 aliphatic carbocycles. The zero-order valence-electron chi connectivity index (χ0n) is 9.69. The predicted molar refractivity (Wildman–Crippen MR) is 70.8 cm³/mol. The van der Waals surface area contributed by atoms with Crippen molar-refractivity contribution in [2.45, 2.75) is 25.4 Å². The first kappa shape index (κ1) is 12.4. The van der Waals surface area contributed by atoms with Crippen LogP contribution in [0.1, 0.15) is 31.1 Å². The highest BCUT2D eigenvalue weighted by atomic mass is 79.9. The second-order valence-corrected chi connectivity index (χ2v) is 4.93. The molecule has 3 heteroatoms. The van der Waals surface area contributed by atoms with Crippen LogP contribution in [0.25, 0.3) is 0 Å². The molecule has 2 nitrogen and oxygen atoms in total. The Morgan fingerprint density at radius 1 is 1.24 bits per heavy atom. The average molecular weight is 295 g/mol. The van der Waals surface area contributed by atoms with E-state index in [0.717, 1.165) is 16.5 Å². The van der Waals surface area contributed by atoms with Crippen LogP contribution < -0.4 is 0 Å². The predicted octanol–water partition coefficient (Wildman–Crippen LogP) is 4.08. The van der Waals surface area contributed by atoms with Gasteiger partial charge < -0.3 is 9.52 Å². The lowest BCUT2D eigenvalue weighted by molar-refractivity contribution is 0.0460. The smallest absolute Gasteiger partial charge is 0.154 e. The molecule has 1 aromatic carbocycles. The van der Waals surface area contributed by atoms with Crippen LogP contribution >= 0.6 is 15.9 Å². The van der Waals surface area contributed by atoms with Crippen molar-refractivity contribution >= 4 is 15.9 Å². The van der Waals surface area contributed by atoms with E-state index < -0.39 is 5.60 Å². The second-order valence-electron chi connectivity index (χ2n) is 4.07. The van der Waals surface area contributed by atoms with E-state index >= 15 is 0 Å². The quantitative estimate of drug-likeness (QED) is 0.922. The van der Waals surface area contributed by atoms with Gasteiger partial charge in [-0.2, -0.15) is 0 Å². The number of rotatable bonds is 4.